The zero-order valence-electron chi connectivity index (χ0n) is 3.95. The fraction of sp³-hybridized carbons (Fsp3) is 0.750. The topological polar surface area (TPSA) is 24.4 Å². The van der Waals surface area contributed by atoms with E-state index in [1.165, 1.54) is 0 Å². The molecule has 0 aromatic carbocycles. The molecule has 1 N–H and O–H groups in total. The molecule has 0 spiro atoms. The van der Waals surface area contributed by atoms with E-state index in [4.69, 9.17) is 0 Å². The molecule has 7 heavy (non-hydrogen) atoms. The number of aliphatic imine (C=N–C) groups is 1. The van der Waals surface area contributed by atoms with Gasteiger partial charge in [0, 0.05) is 13.1 Å². The largest absolute Gasteiger partial charge is 0.346 e. The van der Waals surface area contributed by atoms with Gasteiger partial charge in [0.2, 0.25) is 0 Å². The first kappa shape index (κ1) is 4.56. The monoisotopic (exact) mass is 102 g/mol. The predicted molar refractivity (Wildman–Crippen MR) is 26.0 cm³/mol. The molecule has 1 rings (SSSR count). The zero-order valence-corrected chi connectivity index (χ0v) is 3.95. The van der Waals surface area contributed by atoms with Crippen LogP contribution >= 0.6 is 0 Å². The van der Waals surface area contributed by atoms with Gasteiger partial charge in [0.05, 0.1) is 0 Å². The summed E-state index contributed by atoms with van der Waals surface area (Å²) in [6.07, 6.45) is 0.541. The van der Waals surface area contributed by atoms with Crippen LogP contribution < -0.4 is 5.32 Å². The summed E-state index contributed by atoms with van der Waals surface area (Å²) in [7, 11) is 0. The number of rotatable bonds is 0. The van der Waals surface area contributed by atoms with Crippen LogP contribution in [0.2, 0.25) is 0 Å². The lowest BCUT2D eigenvalue weighted by atomic mass is 10.4. The molecular formula is C4H7FN2. The van der Waals surface area contributed by atoms with Crippen molar-refractivity contribution >= 4 is 6.09 Å². The Bertz CT molecular complexity index is 89.7. The Kier molecular flexibility index (Phi) is 1.24. The van der Waals surface area contributed by atoms with Gasteiger partial charge in [-0.2, -0.15) is 4.39 Å². The highest BCUT2D eigenvalue weighted by molar-refractivity contribution is 5.72. The van der Waals surface area contributed by atoms with Crippen LogP contribution in [0.25, 0.3) is 0 Å². The number of hydrogen-bond acceptors (Lipinski definition) is 2. The molecule has 0 atom stereocenters. The first-order valence-corrected chi connectivity index (χ1v) is 2.33. The van der Waals surface area contributed by atoms with Gasteiger partial charge in [-0.3, -0.25) is 0 Å². The second-order valence-electron chi connectivity index (χ2n) is 1.45. The minimum Gasteiger partial charge on any atom is -0.346 e. The van der Waals surface area contributed by atoms with Crippen molar-refractivity contribution in [1.29, 1.82) is 0 Å². The molecule has 2 nitrogen and oxygen atoms in total. The average molecular weight is 102 g/mol. The van der Waals surface area contributed by atoms with Gasteiger partial charge in [-0.1, -0.05) is 0 Å². The summed E-state index contributed by atoms with van der Waals surface area (Å²) >= 11 is 0. The molecule has 0 radical (unpaired) electrons. The maximum absolute atomic E-state index is 11.8. The summed E-state index contributed by atoms with van der Waals surface area (Å²) in [5, 5.41) is 2.47. The molecule has 0 aliphatic carbocycles. The quantitative estimate of drug-likeness (QED) is 0.437. The van der Waals surface area contributed by atoms with Crippen LogP contribution in [0.4, 0.5) is 4.39 Å². The van der Waals surface area contributed by atoms with E-state index in [-0.39, 0.29) is 0 Å². The van der Waals surface area contributed by atoms with Crippen LogP contribution in [-0.2, 0) is 0 Å². The second-order valence-corrected chi connectivity index (χ2v) is 1.45. The molecule has 1 heterocycles. The van der Waals surface area contributed by atoms with E-state index in [1.54, 1.807) is 0 Å². The van der Waals surface area contributed by atoms with Crippen molar-refractivity contribution in [2.75, 3.05) is 13.1 Å². The molecule has 0 aromatic rings. The third kappa shape index (κ3) is 1.14. The lowest BCUT2D eigenvalue weighted by molar-refractivity contribution is 0.640. The Morgan fingerprint density at radius 1 is 1.71 bits per heavy atom. The number of amidine groups is 1. The minimum absolute atomic E-state index is 0.411. The van der Waals surface area contributed by atoms with Crippen LogP contribution in [0.15, 0.2) is 4.99 Å². The van der Waals surface area contributed by atoms with Crippen molar-refractivity contribution in [3.8, 4) is 0 Å². The van der Waals surface area contributed by atoms with Crippen LogP contribution in [0, 0.1) is 0 Å². The lowest BCUT2D eigenvalue weighted by Gasteiger charge is -2.05. The fourth-order valence-electron chi connectivity index (χ4n) is 0.504. The zero-order chi connectivity index (χ0) is 5.11. The fourth-order valence-corrected chi connectivity index (χ4v) is 0.504. The standard InChI is InChI=1S/C4H7FN2/c5-4-6-2-1-3-7-4/h1-3H2,(H,6,7). The van der Waals surface area contributed by atoms with Gasteiger partial charge in [-0.05, 0) is 6.42 Å². The molecule has 3 heteroatoms. The first-order valence-electron chi connectivity index (χ1n) is 2.33. The van der Waals surface area contributed by atoms with Gasteiger partial charge in [-0.25, -0.2) is 4.99 Å². The number of nitrogens with zero attached hydrogens (tertiary/aromatic N) is 1. The summed E-state index contributed by atoms with van der Waals surface area (Å²) < 4.78 is 11.8. The molecule has 40 valence electrons. The molecule has 0 saturated heterocycles. The van der Waals surface area contributed by atoms with E-state index >= 15 is 0 Å². The van der Waals surface area contributed by atoms with Crippen molar-refractivity contribution < 1.29 is 4.39 Å². The van der Waals surface area contributed by atoms with Gasteiger partial charge in [0.1, 0.15) is 0 Å². The number of nitrogens with one attached hydrogen (secondary N) is 1. The Morgan fingerprint density at radius 2 is 2.57 bits per heavy atom. The van der Waals surface area contributed by atoms with Gasteiger partial charge < -0.3 is 5.32 Å². The van der Waals surface area contributed by atoms with E-state index in [2.05, 4.69) is 10.3 Å². The average Bonchev–Trinajstić information content (AvgIpc) is 1.69. The van der Waals surface area contributed by atoms with Gasteiger partial charge in [0.25, 0.3) is 6.09 Å². The third-order valence-corrected chi connectivity index (χ3v) is 0.856. The summed E-state index contributed by atoms with van der Waals surface area (Å²) in [5.41, 5.74) is 0. The van der Waals surface area contributed by atoms with E-state index < -0.39 is 6.09 Å². The van der Waals surface area contributed by atoms with E-state index in [0.717, 1.165) is 13.0 Å². The molecule has 0 amide bonds. The molecule has 1 aliphatic heterocycles. The number of halogens is 1. The molecule has 0 unspecified atom stereocenters. The molecular weight excluding hydrogens is 95.1 g/mol. The summed E-state index contributed by atoms with van der Waals surface area (Å²) in [5.74, 6) is 0. The molecule has 0 fully saturated rings. The van der Waals surface area contributed by atoms with Crippen molar-refractivity contribution in [1.82, 2.24) is 5.32 Å². The summed E-state index contributed by atoms with van der Waals surface area (Å²) in [6.45, 7) is 1.37. The van der Waals surface area contributed by atoms with Crippen molar-refractivity contribution in [2.24, 2.45) is 4.99 Å². The normalized spacial score (nSPS) is 20.4. The first-order chi connectivity index (χ1) is 3.39. The van der Waals surface area contributed by atoms with E-state index in [1.807, 2.05) is 0 Å². The molecule has 0 aromatic heterocycles. The van der Waals surface area contributed by atoms with Crippen LogP contribution in [0.5, 0.6) is 0 Å². The third-order valence-electron chi connectivity index (χ3n) is 0.856. The Balaban J connectivity index is 2.40. The maximum atomic E-state index is 11.8. The summed E-state index contributed by atoms with van der Waals surface area (Å²) in [4.78, 5) is 3.47. The molecule has 0 bridgehead atoms. The van der Waals surface area contributed by atoms with Crippen LogP contribution in [0.1, 0.15) is 6.42 Å². The summed E-state index contributed by atoms with van der Waals surface area (Å²) in [6, 6.07) is 0. The second kappa shape index (κ2) is 1.91. The highest BCUT2D eigenvalue weighted by Gasteiger charge is 1.98. The van der Waals surface area contributed by atoms with Gasteiger partial charge >= 0.3 is 0 Å². The Morgan fingerprint density at radius 3 is 2.86 bits per heavy atom. The van der Waals surface area contributed by atoms with Crippen molar-refractivity contribution in [3.63, 3.8) is 0 Å². The maximum Gasteiger partial charge on any atom is 0.277 e. The number of hydrogen-bond donors (Lipinski definition) is 1. The Hall–Kier alpha value is -0.600. The lowest BCUT2D eigenvalue weighted by Crippen LogP contribution is -2.25. The SMILES string of the molecule is FC1=NCCCN1. The van der Waals surface area contributed by atoms with Crippen molar-refractivity contribution in [2.45, 2.75) is 6.42 Å². The smallest absolute Gasteiger partial charge is 0.277 e. The van der Waals surface area contributed by atoms with Gasteiger partial charge in [0.15, 0.2) is 0 Å². The van der Waals surface area contributed by atoms with Crippen LogP contribution in [0.3, 0.4) is 0 Å². The van der Waals surface area contributed by atoms with Crippen LogP contribution in [-0.4, -0.2) is 19.2 Å². The van der Waals surface area contributed by atoms with E-state index in [9.17, 15) is 4.39 Å². The highest BCUT2D eigenvalue weighted by Crippen LogP contribution is 1.88. The molecule has 1 aliphatic rings. The highest BCUT2D eigenvalue weighted by atomic mass is 19.1. The Labute approximate surface area is 41.4 Å². The van der Waals surface area contributed by atoms with Crippen molar-refractivity contribution in [3.05, 3.63) is 0 Å². The van der Waals surface area contributed by atoms with Gasteiger partial charge in [-0.15, -0.1) is 0 Å². The minimum atomic E-state index is -0.411. The van der Waals surface area contributed by atoms with E-state index in [0.29, 0.717) is 6.54 Å². The predicted octanol–water partition coefficient (Wildman–Crippen LogP) is 0.305. The molecule has 0 saturated carbocycles.